The lowest BCUT2D eigenvalue weighted by Gasteiger charge is -2.14. The maximum absolute atomic E-state index is 10.3. The SMILES string of the molecule is CCCc1cc2c(O)cccc2n1Cc1ccccc1-c1ccccc1.COC(C)=O. The summed E-state index contributed by atoms with van der Waals surface area (Å²) in [5.41, 5.74) is 6.15. The maximum Gasteiger partial charge on any atom is 0.302 e. The van der Waals surface area contributed by atoms with E-state index in [-0.39, 0.29) is 5.97 Å². The second kappa shape index (κ2) is 10.5. The summed E-state index contributed by atoms with van der Waals surface area (Å²) in [5, 5.41) is 11.2. The summed E-state index contributed by atoms with van der Waals surface area (Å²) >= 11 is 0. The largest absolute Gasteiger partial charge is 0.507 e. The van der Waals surface area contributed by atoms with E-state index in [4.69, 9.17) is 0 Å². The predicted molar refractivity (Wildman–Crippen MR) is 126 cm³/mol. The van der Waals surface area contributed by atoms with Crippen molar-refractivity contribution in [3.05, 3.63) is 90.1 Å². The van der Waals surface area contributed by atoms with E-state index in [1.807, 2.05) is 12.1 Å². The highest BCUT2D eigenvalue weighted by molar-refractivity contribution is 5.87. The molecule has 0 spiro atoms. The van der Waals surface area contributed by atoms with Crippen molar-refractivity contribution in [1.82, 2.24) is 4.57 Å². The molecule has 0 unspecified atom stereocenters. The molecule has 0 saturated heterocycles. The minimum atomic E-state index is -0.245. The Bertz CT molecular complexity index is 1150. The highest BCUT2D eigenvalue weighted by Gasteiger charge is 2.13. The van der Waals surface area contributed by atoms with Crippen LogP contribution in [0.4, 0.5) is 0 Å². The number of phenols is 1. The van der Waals surface area contributed by atoms with Crippen molar-refractivity contribution in [2.45, 2.75) is 33.2 Å². The van der Waals surface area contributed by atoms with Gasteiger partial charge in [-0.2, -0.15) is 0 Å². The quantitative estimate of drug-likeness (QED) is 0.395. The van der Waals surface area contributed by atoms with Gasteiger partial charge in [0.05, 0.1) is 12.6 Å². The Morgan fingerprint density at radius 2 is 1.65 bits per heavy atom. The summed E-state index contributed by atoms with van der Waals surface area (Å²) in [6.07, 6.45) is 2.08. The molecule has 0 bridgehead atoms. The van der Waals surface area contributed by atoms with Crippen molar-refractivity contribution < 1.29 is 14.6 Å². The number of benzene rings is 3. The number of carbonyl (C=O) groups is 1. The monoisotopic (exact) mass is 415 g/mol. The molecule has 4 heteroatoms. The molecule has 31 heavy (non-hydrogen) atoms. The van der Waals surface area contributed by atoms with E-state index in [9.17, 15) is 9.90 Å². The third-order valence-corrected chi connectivity index (χ3v) is 5.23. The molecule has 1 heterocycles. The first kappa shape index (κ1) is 22.2. The minimum Gasteiger partial charge on any atom is -0.507 e. The molecule has 4 nitrogen and oxygen atoms in total. The molecule has 160 valence electrons. The molecule has 0 aliphatic carbocycles. The lowest BCUT2D eigenvalue weighted by molar-refractivity contribution is -0.137. The van der Waals surface area contributed by atoms with E-state index >= 15 is 0 Å². The summed E-state index contributed by atoms with van der Waals surface area (Å²) in [7, 11) is 1.35. The highest BCUT2D eigenvalue weighted by atomic mass is 16.5. The highest BCUT2D eigenvalue weighted by Crippen LogP contribution is 2.31. The minimum absolute atomic E-state index is 0.245. The fourth-order valence-corrected chi connectivity index (χ4v) is 3.70. The van der Waals surface area contributed by atoms with Gasteiger partial charge in [0, 0.05) is 24.5 Å². The number of hydrogen-bond donors (Lipinski definition) is 1. The fourth-order valence-electron chi connectivity index (χ4n) is 3.70. The molecule has 0 fully saturated rings. The third kappa shape index (κ3) is 5.34. The normalized spacial score (nSPS) is 10.4. The molecule has 0 saturated carbocycles. The van der Waals surface area contributed by atoms with Crippen LogP contribution in [0.2, 0.25) is 0 Å². The van der Waals surface area contributed by atoms with E-state index in [2.05, 4.69) is 76.9 Å². The van der Waals surface area contributed by atoms with E-state index in [0.717, 1.165) is 30.3 Å². The maximum atomic E-state index is 10.3. The Hall–Kier alpha value is -3.53. The number of phenolic OH excluding ortho intramolecular Hbond substituents is 1. The van der Waals surface area contributed by atoms with Gasteiger partial charge in [0.15, 0.2) is 0 Å². The second-order valence-corrected chi connectivity index (χ2v) is 7.40. The zero-order valence-electron chi connectivity index (χ0n) is 18.3. The van der Waals surface area contributed by atoms with Crippen LogP contribution in [0.15, 0.2) is 78.9 Å². The molecule has 0 amide bonds. The molecule has 4 aromatic rings. The molecule has 3 aromatic carbocycles. The van der Waals surface area contributed by atoms with E-state index < -0.39 is 0 Å². The summed E-state index contributed by atoms with van der Waals surface area (Å²) in [5.74, 6) is 0.111. The van der Waals surface area contributed by atoms with Crippen LogP contribution in [0, 0.1) is 0 Å². The smallest absolute Gasteiger partial charge is 0.302 e. The van der Waals surface area contributed by atoms with Crippen LogP contribution in [0.25, 0.3) is 22.0 Å². The molecule has 4 rings (SSSR count). The van der Waals surface area contributed by atoms with Gasteiger partial charge in [-0.3, -0.25) is 4.79 Å². The Balaban J connectivity index is 0.000000491. The Kier molecular flexibility index (Phi) is 7.50. The third-order valence-electron chi connectivity index (χ3n) is 5.23. The number of ether oxygens (including phenoxy) is 1. The first-order valence-electron chi connectivity index (χ1n) is 10.5. The number of hydrogen-bond acceptors (Lipinski definition) is 3. The number of fused-ring (bicyclic) bond motifs is 1. The summed E-state index contributed by atoms with van der Waals surface area (Å²) < 4.78 is 6.46. The molecule has 1 aromatic heterocycles. The van der Waals surface area contributed by atoms with Crippen molar-refractivity contribution in [3.8, 4) is 16.9 Å². The van der Waals surface area contributed by atoms with Crippen LogP contribution < -0.4 is 0 Å². The van der Waals surface area contributed by atoms with Gasteiger partial charge < -0.3 is 14.4 Å². The van der Waals surface area contributed by atoms with Gasteiger partial charge in [0.25, 0.3) is 0 Å². The Morgan fingerprint density at radius 3 is 2.32 bits per heavy atom. The number of aromatic nitrogens is 1. The molecule has 1 N–H and O–H groups in total. The first-order valence-corrected chi connectivity index (χ1v) is 10.5. The Labute approximate surface area is 183 Å². The number of esters is 1. The van der Waals surface area contributed by atoms with Crippen LogP contribution in [-0.2, 0) is 22.5 Å². The van der Waals surface area contributed by atoms with Crippen LogP contribution >= 0.6 is 0 Å². The average molecular weight is 416 g/mol. The van der Waals surface area contributed by atoms with Crippen LogP contribution in [0.5, 0.6) is 5.75 Å². The molecular weight excluding hydrogens is 386 g/mol. The predicted octanol–water partition coefficient (Wildman–Crippen LogP) is 6.19. The molecule has 0 aliphatic rings. The summed E-state index contributed by atoms with van der Waals surface area (Å²) in [6, 6.07) is 27.0. The van der Waals surface area contributed by atoms with Gasteiger partial charge in [0.1, 0.15) is 5.75 Å². The number of carbonyl (C=O) groups excluding carboxylic acids is 1. The van der Waals surface area contributed by atoms with Gasteiger partial charge in [-0.15, -0.1) is 0 Å². The lowest BCUT2D eigenvalue weighted by atomic mass is 9.99. The van der Waals surface area contributed by atoms with Gasteiger partial charge in [-0.05, 0) is 41.3 Å². The average Bonchev–Trinajstić information content (AvgIpc) is 3.14. The molecule has 0 radical (unpaired) electrons. The fraction of sp³-hybridized carbons (Fsp3) is 0.222. The van der Waals surface area contributed by atoms with Gasteiger partial charge >= 0.3 is 5.97 Å². The number of aromatic hydroxyl groups is 1. The van der Waals surface area contributed by atoms with E-state index in [0.29, 0.717) is 5.75 Å². The van der Waals surface area contributed by atoms with Gasteiger partial charge in [0.2, 0.25) is 0 Å². The summed E-state index contributed by atoms with van der Waals surface area (Å²) in [6.45, 7) is 4.35. The number of nitrogens with zero attached hydrogens (tertiary/aromatic N) is 1. The van der Waals surface area contributed by atoms with Crippen molar-refractivity contribution in [3.63, 3.8) is 0 Å². The molecule has 0 atom stereocenters. The van der Waals surface area contributed by atoms with Crippen molar-refractivity contribution in [2.24, 2.45) is 0 Å². The lowest BCUT2D eigenvalue weighted by Crippen LogP contribution is -2.05. The van der Waals surface area contributed by atoms with Crippen LogP contribution in [0.1, 0.15) is 31.5 Å². The van der Waals surface area contributed by atoms with E-state index in [1.54, 1.807) is 6.07 Å². The van der Waals surface area contributed by atoms with Crippen molar-refractivity contribution in [2.75, 3.05) is 7.11 Å². The van der Waals surface area contributed by atoms with Crippen molar-refractivity contribution in [1.29, 1.82) is 0 Å². The van der Waals surface area contributed by atoms with Crippen LogP contribution in [-0.4, -0.2) is 22.8 Å². The zero-order valence-corrected chi connectivity index (χ0v) is 18.3. The number of methoxy groups -OCH3 is 1. The first-order chi connectivity index (χ1) is 15.0. The van der Waals surface area contributed by atoms with Crippen LogP contribution in [0.3, 0.4) is 0 Å². The number of rotatable bonds is 5. The van der Waals surface area contributed by atoms with Gasteiger partial charge in [-0.1, -0.05) is 74.0 Å². The van der Waals surface area contributed by atoms with Crippen molar-refractivity contribution >= 4 is 16.9 Å². The Morgan fingerprint density at radius 1 is 0.968 bits per heavy atom. The topological polar surface area (TPSA) is 51.5 Å². The van der Waals surface area contributed by atoms with E-state index in [1.165, 1.54) is 36.4 Å². The van der Waals surface area contributed by atoms with Gasteiger partial charge in [-0.25, -0.2) is 0 Å². The standard InChI is InChI=1S/C24H23NO.C3H6O2/c1-2-9-20-16-22-23(14-8-15-24(22)26)25(20)17-19-12-6-7-13-21(19)18-10-4-3-5-11-18;1-3(4)5-2/h3-8,10-16,26H,2,9,17H2,1H3;1-2H3. The number of aryl methyl sites for hydroxylation is 1. The molecular formula is C27H29NO3. The second-order valence-electron chi connectivity index (χ2n) is 7.40. The zero-order chi connectivity index (χ0) is 22.2. The summed E-state index contributed by atoms with van der Waals surface area (Å²) in [4.78, 5) is 9.59. The molecule has 0 aliphatic heterocycles.